The molecule has 0 aliphatic carbocycles. The fourth-order valence-corrected chi connectivity index (χ4v) is 3.22. The molecule has 7 heteroatoms. The quantitative estimate of drug-likeness (QED) is 0.581. The summed E-state index contributed by atoms with van der Waals surface area (Å²) in [5.41, 5.74) is 3.06. The Morgan fingerprint density at radius 1 is 1.10 bits per heavy atom. The Balaban J connectivity index is 1.86. The number of aliphatic carboxylic acids is 1. The number of carboxylic acid groups (broad SMARTS) is 1. The highest BCUT2D eigenvalue weighted by Gasteiger charge is 2.17. The average Bonchev–Trinajstić information content (AvgIpc) is 2.71. The molecule has 0 saturated heterocycles. The van der Waals surface area contributed by atoms with Crippen LogP contribution in [0.2, 0.25) is 0 Å². The molecule has 0 radical (unpaired) electrons. The number of rotatable bonds is 7. The fraction of sp³-hybridized carbons (Fsp3) is 0.261. The van der Waals surface area contributed by atoms with Crippen LogP contribution in [-0.4, -0.2) is 29.6 Å². The number of carbonyl (C=O) groups is 2. The first-order valence-corrected chi connectivity index (χ1v) is 9.52. The molecule has 3 rings (SSSR count). The third-order valence-electron chi connectivity index (χ3n) is 4.98. The highest BCUT2D eigenvalue weighted by Crippen LogP contribution is 2.30. The van der Waals surface area contributed by atoms with Crippen LogP contribution >= 0.6 is 0 Å². The molecule has 1 heterocycles. The van der Waals surface area contributed by atoms with E-state index in [4.69, 9.17) is 14.3 Å². The molecule has 1 amide bonds. The number of hydrogen-bond donors (Lipinski definition) is 2. The second-order valence-electron chi connectivity index (χ2n) is 7.14. The number of nitrogens with one attached hydrogen (secondary N) is 1. The molecule has 0 aliphatic rings. The van der Waals surface area contributed by atoms with Crippen molar-refractivity contribution in [3.8, 4) is 5.75 Å². The van der Waals surface area contributed by atoms with Crippen molar-refractivity contribution >= 4 is 22.8 Å². The van der Waals surface area contributed by atoms with E-state index >= 15 is 0 Å². The Morgan fingerprint density at radius 2 is 1.80 bits per heavy atom. The van der Waals surface area contributed by atoms with Gasteiger partial charge in [-0.25, -0.2) is 4.79 Å². The molecule has 0 fully saturated rings. The Kier molecular flexibility index (Phi) is 6.20. The molecule has 1 aromatic heterocycles. The molecule has 156 valence electrons. The Labute approximate surface area is 173 Å². The van der Waals surface area contributed by atoms with Gasteiger partial charge in [0.1, 0.15) is 17.4 Å². The average molecular weight is 409 g/mol. The molecule has 7 nitrogen and oxygen atoms in total. The summed E-state index contributed by atoms with van der Waals surface area (Å²) in [5.74, 6) is -1.30. The smallest absolute Gasteiger partial charge is 0.340 e. The summed E-state index contributed by atoms with van der Waals surface area (Å²) in [6.45, 7) is 4.65. The van der Waals surface area contributed by atoms with E-state index in [1.165, 1.54) is 6.92 Å². The zero-order chi connectivity index (χ0) is 21.8. The number of carbonyl (C=O) groups excluding carboxylic acids is 1. The first-order valence-electron chi connectivity index (χ1n) is 9.52. The van der Waals surface area contributed by atoms with Crippen LogP contribution in [0.1, 0.15) is 29.2 Å². The van der Waals surface area contributed by atoms with E-state index in [0.717, 1.165) is 16.5 Å². The van der Waals surface area contributed by atoms with Gasteiger partial charge in [-0.05, 0) is 44.0 Å². The van der Waals surface area contributed by atoms with Crippen molar-refractivity contribution in [2.45, 2.75) is 33.2 Å². The van der Waals surface area contributed by atoms with E-state index in [-0.39, 0.29) is 6.61 Å². The van der Waals surface area contributed by atoms with Crippen molar-refractivity contribution in [2.24, 2.45) is 0 Å². The SMILES string of the molecule is Cc1c(Cc2ccccc2)c(=O)oc2c(C)c(OCC(=O)NC(C)C(=O)O)ccc12. The monoisotopic (exact) mass is 409 g/mol. The predicted octanol–water partition coefficient (Wildman–Crippen LogP) is 2.97. The van der Waals surface area contributed by atoms with Crippen LogP contribution < -0.4 is 15.7 Å². The summed E-state index contributed by atoms with van der Waals surface area (Å²) in [7, 11) is 0. The van der Waals surface area contributed by atoms with Gasteiger partial charge in [0.2, 0.25) is 0 Å². The largest absolute Gasteiger partial charge is 0.483 e. The number of carboxylic acids is 1. The van der Waals surface area contributed by atoms with Gasteiger partial charge < -0.3 is 19.6 Å². The van der Waals surface area contributed by atoms with Crippen LogP contribution in [0.25, 0.3) is 11.0 Å². The van der Waals surface area contributed by atoms with Gasteiger partial charge in [-0.1, -0.05) is 30.3 Å². The third-order valence-corrected chi connectivity index (χ3v) is 4.98. The van der Waals surface area contributed by atoms with Crippen LogP contribution in [0.3, 0.4) is 0 Å². The standard InChI is InChI=1S/C23H23NO6/c1-13-17-9-10-19(29-12-20(25)24-15(3)22(26)27)14(2)21(17)30-23(28)18(13)11-16-7-5-4-6-8-16/h4-10,15H,11-12H2,1-3H3,(H,24,25)(H,26,27). The topological polar surface area (TPSA) is 106 Å². The van der Waals surface area contributed by atoms with E-state index in [1.54, 1.807) is 19.1 Å². The van der Waals surface area contributed by atoms with Gasteiger partial charge in [-0.15, -0.1) is 0 Å². The Bertz CT molecular complexity index is 1150. The highest BCUT2D eigenvalue weighted by molar-refractivity contribution is 5.86. The number of aryl methyl sites for hydroxylation is 2. The molecule has 2 N–H and O–H groups in total. The minimum Gasteiger partial charge on any atom is -0.483 e. The zero-order valence-electron chi connectivity index (χ0n) is 17.0. The first-order chi connectivity index (χ1) is 14.3. The van der Waals surface area contributed by atoms with E-state index in [2.05, 4.69) is 5.32 Å². The van der Waals surface area contributed by atoms with Crippen molar-refractivity contribution in [2.75, 3.05) is 6.61 Å². The summed E-state index contributed by atoms with van der Waals surface area (Å²) >= 11 is 0. The summed E-state index contributed by atoms with van der Waals surface area (Å²) < 4.78 is 11.1. The fourth-order valence-electron chi connectivity index (χ4n) is 3.22. The molecule has 0 spiro atoms. The maximum Gasteiger partial charge on any atom is 0.340 e. The molecule has 1 unspecified atom stereocenters. The molecule has 0 saturated carbocycles. The Morgan fingerprint density at radius 3 is 2.47 bits per heavy atom. The van der Waals surface area contributed by atoms with Crippen molar-refractivity contribution < 1.29 is 23.8 Å². The van der Waals surface area contributed by atoms with Crippen LogP contribution in [0.15, 0.2) is 51.7 Å². The van der Waals surface area contributed by atoms with E-state index in [9.17, 15) is 14.4 Å². The minimum absolute atomic E-state index is 0.348. The molecular formula is C23H23NO6. The Hall–Kier alpha value is -3.61. The van der Waals surface area contributed by atoms with E-state index in [0.29, 0.717) is 28.9 Å². The second-order valence-corrected chi connectivity index (χ2v) is 7.14. The molecule has 0 bridgehead atoms. The van der Waals surface area contributed by atoms with Crippen LogP contribution in [0, 0.1) is 13.8 Å². The molecule has 30 heavy (non-hydrogen) atoms. The van der Waals surface area contributed by atoms with Gasteiger partial charge in [0.15, 0.2) is 6.61 Å². The minimum atomic E-state index is -1.13. The second kappa shape index (κ2) is 8.82. The maximum atomic E-state index is 12.6. The summed E-state index contributed by atoms with van der Waals surface area (Å²) in [4.78, 5) is 35.3. The molecule has 0 aliphatic heterocycles. The lowest BCUT2D eigenvalue weighted by molar-refractivity contribution is -0.141. The third kappa shape index (κ3) is 4.51. The van der Waals surface area contributed by atoms with Gasteiger partial charge in [-0.3, -0.25) is 9.59 Å². The van der Waals surface area contributed by atoms with Crippen LogP contribution in [0.4, 0.5) is 0 Å². The number of hydrogen-bond acceptors (Lipinski definition) is 5. The maximum absolute atomic E-state index is 12.6. The van der Waals surface area contributed by atoms with Crippen molar-refractivity contribution in [3.05, 3.63) is 75.1 Å². The van der Waals surface area contributed by atoms with Crippen LogP contribution in [0.5, 0.6) is 5.75 Å². The number of amides is 1. The summed E-state index contributed by atoms with van der Waals surface area (Å²) in [6, 6.07) is 12.2. The van der Waals surface area contributed by atoms with Crippen LogP contribution in [-0.2, 0) is 16.0 Å². The lowest BCUT2D eigenvalue weighted by Gasteiger charge is -2.14. The molecule has 2 aromatic carbocycles. The number of fused-ring (bicyclic) bond motifs is 1. The lowest BCUT2D eigenvalue weighted by atomic mass is 9.98. The van der Waals surface area contributed by atoms with E-state index < -0.39 is 23.5 Å². The first kappa shape index (κ1) is 21.1. The highest BCUT2D eigenvalue weighted by atomic mass is 16.5. The van der Waals surface area contributed by atoms with Gasteiger partial charge >= 0.3 is 11.6 Å². The summed E-state index contributed by atoms with van der Waals surface area (Å²) in [5, 5.41) is 12.0. The zero-order valence-corrected chi connectivity index (χ0v) is 17.0. The van der Waals surface area contributed by atoms with Gasteiger partial charge in [-0.2, -0.15) is 0 Å². The normalized spacial score (nSPS) is 11.8. The van der Waals surface area contributed by atoms with Gasteiger partial charge in [0.05, 0.1) is 0 Å². The predicted molar refractivity (Wildman–Crippen MR) is 112 cm³/mol. The van der Waals surface area contributed by atoms with Gasteiger partial charge in [0.25, 0.3) is 5.91 Å². The van der Waals surface area contributed by atoms with Crippen molar-refractivity contribution in [1.29, 1.82) is 0 Å². The van der Waals surface area contributed by atoms with E-state index in [1.807, 2.05) is 37.3 Å². The molecular weight excluding hydrogens is 386 g/mol. The van der Waals surface area contributed by atoms with Crippen molar-refractivity contribution in [1.82, 2.24) is 5.32 Å². The van der Waals surface area contributed by atoms with Gasteiger partial charge in [0, 0.05) is 22.9 Å². The molecule has 3 aromatic rings. The van der Waals surface area contributed by atoms with Crippen molar-refractivity contribution in [3.63, 3.8) is 0 Å². The number of benzene rings is 2. The lowest BCUT2D eigenvalue weighted by Crippen LogP contribution is -2.40. The summed E-state index contributed by atoms with van der Waals surface area (Å²) in [6.07, 6.45) is 0.476. The number of ether oxygens (including phenoxy) is 1. The molecule has 1 atom stereocenters.